The van der Waals surface area contributed by atoms with E-state index in [4.69, 9.17) is 0 Å². The number of carbonyl (C=O) groups excluding carboxylic acids is 2. The summed E-state index contributed by atoms with van der Waals surface area (Å²) in [6, 6.07) is 23.4. The fourth-order valence-electron chi connectivity index (χ4n) is 4.22. The molecule has 6 heteroatoms. The summed E-state index contributed by atoms with van der Waals surface area (Å²) in [6.45, 7) is 5.73. The van der Waals surface area contributed by atoms with Crippen LogP contribution in [0.25, 0.3) is 11.3 Å². The third kappa shape index (κ3) is 6.01. The highest BCUT2D eigenvalue weighted by Gasteiger charge is 2.29. The maximum atomic E-state index is 13.2. The second-order valence-corrected chi connectivity index (χ2v) is 9.83. The number of anilines is 2. The SMILES string of the molecule is CC(C)CCNC(=O)c1ccc2c(c1)C(=C(Nc1ccc(CN(C)C)cc1)c1ccccc1)C(=O)N2. The molecule has 0 aliphatic carbocycles. The summed E-state index contributed by atoms with van der Waals surface area (Å²) in [4.78, 5) is 28.1. The van der Waals surface area contributed by atoms with Crippen molar-refractivity contribution in [3.63, 3.8) is 0 Å². The lowest BCUT2D eigenvalue weighted by molar-refractivity contribution is -0.110. The fraction of sp³-hybridized carbons (Fsp3) is 0.267. The fourth-order valence-corrected chi connectivity index (χ4v) is 4.22. The van der Waals surface area contributed by atoms with Crippen molar-refractivity contribution in [3.8, 4) is 0 Å². The molecular formula is C30H34N4O2. The summed E-state index contributed by atoms with van der Waals surface area (Å²) >= 11 is 0. The van der Waals surface area contributed by atoms with Crippen LogP contribution in [0.4, 0.5) is 11.4 Å². The van der Waals surface area contributed by atoms with Crippen LogP contribution in [0.2, 0.25) is 0 Å². The van der Waals surface area contributed by atoms with Gasteiger partial charge in [-0.05, 0) is 67.9 Å². The van der Waals surface area contributed by atoms with E-state index in [2.05, 4.69) is 46.8 Å². The first-order valence-electron chi connectivity index (χ1n) is 12.4. The molecule has 0 saturated heterocycles. The van der Waals surface area contributed by atoms with Gasteiger partial charge in [-0.15, -0.1) is 0 Å². The van der Waals surface area contributed by atoms with Gasteiger partial charge in [-0.2, -0.15) is 0 Å². The normalized spacial score (nSPS) is 14.0. The van der Waals surface area contributed by atoms with Crippen LogP contribution in [0.3, 0.4) is 0 Å². The number of rotatable bonds is 9. The van der Waals surface area contributed by atoms with E-state index in [0.717, 1.165) is 24.2 Å². The zero-order valence-electron chi connectivity index (χ0n) is 21.4. The number of nitrogens with zero attached hydrogens (tertiary/aromatic N) is 1. The summed E-state index contributed by atoms with van der Waals surface area (Å²) in [7, 11) is 4.08. The lowest BCUT2D eigenvalue weighted by Crippen LogP contribution is -2.25. The highest BCUT2D eigenvalue weighted by molar-refractivity contribution is 6.37. The molecule has 6 nitrogen and oxygen atoms in total. The van der Waals surface area contributed by atoms with E-state index < -0.39 is 0 Å². The highest BCUT2D eigenvalue weighted by Crippen LogP contribution is 2.38. The van der Waals surface area contributed by atoms with Gasteiger partial charge in [0.05, 0.1) is 11.3 Å². The minimum atomic E-state index is -0.196. The first-order valence-corrected chi connectivity index (χ1v) is 12.4. The Bertz CT molecular complexity index is 1260. The number of fused-ring (bicyclic) bond motifs is 1. The van der Waals surface area contributed by atoms with Crippen molar-refractivity contribution >= 4 is 34.5 Å². The van der Waals surface area contributed by atoms with Gasteiger partial charge in [0.2, 0.25) is 0 Å². The Morgan fingerprint density at radius 1 is 0.944 bits per heavy atom. The molecule has 3 N–H and O–H groups in total. The van der Waals surface area contributed by atoms with Crippen LogP contribution in [0.5, 0.6) is 0 Å². The Hall–Kier alpha value is -3.90. The van der Waals surface area contributed by atoms with Gasteiger partial charge in [0.1, 0.15) is 0 Å². The van der Waals surface area contributed by atoms with Gasteiger partial charge in [0, 0.05) is 35.6 Å². The minimum absolute atomic E-state index is 0.136. The number of hydrogen-bond donors (Lipinski definition) is 3. The van der Waals surface area contributed by atoms with Crippen LogP contribution in [-0.2, 0) is 11.3 Å². The number of benzene rings is 3. The van der Waals surface area contributed by atoms with Crippen molar-refractivity contribution in [2.24, 2.45) is 5.92 Å². The maximum Gasteiger partial charge on any atom is 0.258 e. The summed E-state index contributed by atoms with van der Waals surface area (Å²) in [5.74, 6) is 0.180. The second-order valence-electron chi connectivity index (χ2n) is 9.83. The summed E-state index contributed by atoms with van der Waals surface area (Å²) in [6.07, 6.45) is 0.914. The zero-order valence-corrected chi connectivity index (χ0v) is 21.4. The molecule has 2 amide bonds. The number of hydrogen-bond acceptors (Lipinski definition) is 4. The molecular weight excluding hydrogens is 448 g/mol. The first kappa shape index (κ1) is 25.2. The quantitative estimate of drug-likeness (QED) is 0.354. The van der Waals surface area contributed by atoms with Crippen molar-refractivity contribution in [2.45, 2.75) is 26.8 Å². The largest absolute Gasteiger partial charge is 0.354 e. The van der Waals surface area contributed by atoms with Crippen LogP contribution in [0.15, 0.2) is 72.8 Å². The molecule has 1 aliphatic heterocycles. The minimum Gasteiger partial charge on any atom is -0.354 e. The Labute approximate surface area is 213 Å². The lowest BCUT2D eigenvalue weighted by Gasteiger charge is -2.16. The van der Waals surface area contributed by atoms with E-state index in [0.29, 0.717) is 40.5 Å². The molecule has 0 radical (unpaired) electrons. The number of amides is 2. The molecule has 0 fully saturated rings. The second kappa shape index (κ2) is 11.2. The summed E-state index contributed by atoms with van der Waals surface area (Å²) in [5, 5.41) is 9.44. The maximum absolute atomic E-state index is 13.2. The van der Waals surface area contributed by atoms with Crippen molar-refractivity contribution in [2.75, 3.05) is 31.3 Å². The number of nitrogens with one attached hydrogen (secondary N) is 3. The Balaban J connectivity index is 1.72. The van der Waals surface area contributed by atoms with Gasteiger partial charge in [-0.3, -0.25) is 9.59 Å². The van der Waals surface area contributed by atoms with Gasteiger partial charge >= 0.3 is 0 Å². The van der Waals surface area contributed by atoms with Crippen molar-refractivity contribution in [1.82, 2.24) is 10.2 Å². The molecule has 0 atom stereocenters. The molecule has 0 bridgehead atoms. The van der Waals surface area contributed by atoms with Gasteiger partial charge < -0.3 is 20.9 Å². The van der Waals surface area contributed by atoms with Crippen molar-refractivity contribution < 1.29 is 9.59 Å². The van der Waals surface area contributed by atoms with Crippen molar-refractivity contribution in [3.05, 3.63) is 95.1 Å². The molecule has 1 heterocycles. The van der Waals surface area contributed by atoms with E-state index in [-0.39, 0.29) is 11.8 Å². The average Bonchev–Trinajstić information content (AvgIpc) is 3.18. The Kier molecular flexibility index (Phi) is 7.86. The van der Waals surface area contributed by atoms with Crippen LogP contribution in [0.1, 0.15) is 47.3 Å². The highest BCUT2D eigenvalue weighted by atomic mass is 16.2. The van der Waals surface area contributed by atoms with Crippen LogP contribution in [0, 0.1) is 5.92 Å². The molecule has 3 aromatic rings. The predicted octanol–water partition coefficient (Wildman–Crippen LogP) is 5.46. The lowest BCUT2D eigenvalue weighted by atomic mass is 9.98. The summed E-state index contributed by atoms with van der Waals surface area (Å²) in [5.41, 5.74) is 6.14. The number of carbonyl (C=O) groups is 2. The topological polar surface area (TPSA) is 73.5 Å². The smallest absolute Gasteiger partial charge is 0.258 e. The molecule has 0 aromatic heterocycles. The molecule has 4 rings (SSSR count). The average molecular weight is 483 g/mol. The standard InChI is InChI=1S/C30H34N4O2/c1-20(2)16-17-31-29(35)23-12-15-26-25(18-23)27(30(36)33-26)28(22-8-6-5-7-9-22)32-24-13-10-21(11-14-24)19-34(3)4/h5-15,18,20,32H,16-17,19H2,1-4H3,(H,31,35)(H,33,36). The Morgan fingerprint density at radius 2 is 1.67 bits per heavy atom. The van der Waals surface area contributed by atoms with Gasteiger partial charge in [-0.25, -0.2) is 0 Å². The van der Waals surface area contributed by atoms with E-state index >= 15 is 0 Å². The molecule has 0 unspecified atom stereocenters. The molecule has 0 spiro atoms. The zero-order chi connectivity index (χ0) is 25.7. The van der Waals surface area contributed by atoms with E-state index in [9.17, 15) is 9.59 Å². The van der Waals surface area contributed by atoms with E-state index in [1.807, 2.05) is 56.6 Å². The van der Waals surface area contributed by atoms with Crippen LogP contribution >= 0.6 is 0 Å². The third-order valence-electron chi connectivity index (χ3n) is 6.07. The molecule has 1 aliphatic rings. The van der Waals surface area contributed by atoms with E-state index in [1.165, 1.54) is 5.56 Å². The predicted molar refractivity (Wildman–Crippen MR) is 148 cm³/mol. The van der Waals surface area contributed by atoms with Crippen LogP contribution in [-0.4, -0.2) is 37.4 Å². The monoisotopic (exact) mass is 482 g/mol. The summed E-state index contributed by atoms with van der Waals surface area (Å²) < 4.78 is 0. The van der Waals surface area contributed by atoms with Gasteiger partial charge in [-0.1, -0.05) is 56.3 Å². The molecule has 3 aromatic carbocycles. The van der Waals surface area contributed by atoms with Crippen LogP contribution < -0.4 is 16.0 Å². The first-order chi connectivity index (χ1) is 17.3. The van der Waals surface area contributed by atoms with Gasteiger partial charge in [0.25, 0.3) is 11.8 Å². The molecule has 36 heavy (non-hydrogen) atoms. The molecule has 0 saturated carbocycles. The Morgan fingerprint density at radius 3 is 2.33 bits per heavy atom. The third-order valence-corrected chi connectivity index (χ3v) is 6.07. The van der Waals surface area contributed by atoms with E-state index in [1.54, 1.807) is 18.2 Å². The van der Waals surface area contributed by atoms with Gasteiger partial charge in [0.15, 0.2) is 0 Å². The molecule has 186 valence electrons. The van der Waals surface area contributed by atoms with Crippen molar-refractivity contribution in [1.29, 1.82) is 0 Å².